The number of hydrogen-bond acceptors (Lipinski definition) is 3. The van der Waals surface area contributed by atoms with Crippen molar-refractivity contribution in [2.75, 3.05) is 13.2 Å². The Labute approximate surface area is 104 Å². The summed E-state index contributed by atoms with van der Waals surface area (Å²) in [4.78, 5) is 10.4. The fraction of sp³-hybridized carbons (Fsp3) is 0.308. The van der Waals surface area contributed by atoms with Crippen LogP contribution in [0.3, 0.4) is 0 Å². The highest BCUT2D eigenvalue weighted by Crippen LogP contribution is 2.00. The van der Waals surface area contributed by atoms with E-state index < -0.39 is 5.87 Å². The molecular formula is C13H18BNO2. The van der Waals surface area contributed by atoms with E-state index in [1.807, 2.05) is 6.08 Å². The molecule has 90 valence electrons. The average Bonchev–Trinajstić information content (AvgIpc) is 2.32. The number of hydrogen-bond donors (Lipinski definition) is 1. The zero-order chi connectivity index (χ0) is 13.1. The molecule has 0 rings (SSSR count). The maximum atomic E-state index is 10.4. The van der Waals surface area contributed by atoms with Crippen molar-refractivity contribution in [1.82, 2.24) is 5.32 Å². The monoisotopic (exact) mass is 231 g/mol. The lowest BCUT2D eigenvalue weighted by atomic mass is 10.2. The van der Waals surface area contributed by atoms with Crippen LogP contribution < -0.4 is 5.32 Å². The van der Waals surface area contributed by atoms with E-state index in [9.17, 15) is 4.79 Å². The predicted octanol–water partition coefficient (Wildman–Crippen LogP) is 2.47. The number of ether oxygens (including phenoxy) is 1. The summed E-state index contributed by atoms with van der Waals surface area (Å²) in [5.41, 5.74) is 1.67. The van der Waals surface area contributed by atoms with Crippen molar-refractivity contribution in [3.8, 4) is 0 Å². The minimum absolute atomic E-state index is 0.119. The van der Waals surface area contributed by atoms with Crippen LogP contribution in [0.1, 0.15) is 13.3 Å². The first kappa shape index (κ1) is 15.3. The summed E-state index contributed by atoms with van der Waals surface area (Å²) in [6, 6.07) is 0. The molecule has 0 aliphatic heterocycles. The normalized spacial score (nSPS) is 11.8. The molecule has 0 aliphatic carbocycles. The molecule has 4 heteroatoms. The Morgan fingerprint density at radius 2 is 2.06 bits per heavy atom. The number of carbonyl (C=O) groups excluding carboxylic acids is 1. The Morgan fingerprint density at radius 3 is 2.53 bits per heavy atom. The molecule has 0 atom stereocenters. The van der Waals surface area contributed by atoms with Gasteiger partial charge < -0.3 is 10.1 Å². The molecule has 0 bridgehead atoms. The summed E-state index contributed by atoms with van der Waals surface area (Å²) in [5.74, 6) is -0.796. The molecule has 0 amide bonds. The highest BCUT2D eigenvalue weighted by atomic mass is 16.5. The second-order valence-corrected chi connectivity index (χ2v) is 3.31. The third-order valence-corrected chi connectivity index (χ3v) is 1.92. The molecule has 0 spiro atoms. The smallest absolute Gasteiger partial charge is 0.236 e. The van der Waals surface area contributed by atoms with E-state index in [1.54, 1.807) is 18.2 Å². The first-order valence-corrected chi connectivity index (χ1v) is 5.45. The molecule has 0 saturated carbocycles. The van der Waals surface area contributed by atoms with E-state index in [1.165, 1.54) is 0 Å². The van der Waals surface area contributed by atoms with Crippen LogP contribution in [0.4, 0.5) is 4.79 Å². The van der Waals surface area contributed by atoms with Crippen molar-refractivity contribution in [1.29, 1.82) is 0 Å². The van der Waals surface area contributed by atoms with E-state index in [0.29, 0.717) is 0 Å². The van der Waals surface area contributed by atoms with Crippen molar-refractivity contribution in [2.24, 2.45) is 0 Å². The molecule has 0 saturated heterocycles. The Balaban J connectivity index is 4.47. The van der Waals surface area contributed by atoms with Gasteiger partial charge in [0.05, 0.1) is 0 Å². The molecule has 0 aromatic carbocycles. The van der Waals surface area contributed by atoms with Gasteiger partial charge in [0.25, 0.3) is 0 Å². The van der Waals surface area contributed by atoms with Gasteiger partial charge in [-0.15, -0.1) is 0 Å². The molecule has 1 N–H and O–H groups in total. The standard InChI is InChI=1S/C13H18BNO2/c1-4-9-15-12(6-3)8-7-11(5-2)10-17-13(14)16/h5-8,15H,2-4,9-10H2,1H3/b11-7+,12-8+. The lowest BCUT2D eigenvalue weighted by molar-refractivity contribution is 0.184. The maximum Gasteiger partial charge on any atom is 0.236 e. The topological polar surface area (TPSA) is 38.3 Å². The third kappa shape index (κ3) is 8.14. The van der Waals surface area contributed by atoms with Gasteiger partial charge in [-0.05, 0) is 24.1 Å². The second-order valence-electron chi connectivity index (χ2n) is 3.31. The zero-order valence-corrected chi connectivity index (χ0v) is 10.2. The predicted molar refractivity (Wildman–Crippen MR) is 72.0 cm³/mol. The maximum absolute atomic E-state index is 10.4. The number of allylic oxidation sites excluding steroid dienone is 3. The van der Waals surface area contributed by atoms with E-state index in [4.69, 9.17) is 7.85 Å². The van der Waals surface area contributed by atoms with E-state index in [2.05, 4.69) is 30.1 Å². The molecule has 2 radical (unpaired) electrons. The summed E-state index contributed by atoms with van der Waals surface area (Å²) in [6.07, 6.45) is 8.02. The van der Waals surface area contributed by atoms with Crippen molar-refractivity contribution >= 4 is 13.7 Å². The van der Waals surface area contributed by atoms with Crippen LogP contribution in [-0.4, -0.2) is 26.9 Å². The number of carbonyl (C=O) groups is 1. The van der Waals surface area contributed by atoms with Crippen molar-refractivity contribution in [3.63, 3.8) is 0 Å². The molecule has 0 aromatic rings. The Hall–Kier alpha value is -1.71. The third-order valence-electron chi connectivity index (χ3n) is 1.92. The first-order chi connectivity index (χ1) is 8.13. The van der Waals surface area contributed by atoms with Crippen LogP contribution in [0.5, 0.6) is 0 Å². The van der Waals surface area contributed by atoms with Crippen LogP contribution in [0.15, 0.2) is 48.7 Å². The van der Waals surface area contributed by atoms with Gasteiger partial charge in [0.15, 0.2) is 0 Å². The largest absolute Gasteiger partial charge is 0.470 e. The molecule has 3 nitrogen and oxygen atoms in total. The minimum Gasteiger partial charge on any atom is -0.470 e. The lowest BCUT2D eigenvalue weighted by Gasteiger charge is -2.05. The first-order valence-electron chi connectivity index (χ1n) is 5.45. The fourth-order valence-corrected chi connectivity index (χ4v) is 0.995. The van der Waals surface area contributed by atoms with Crippen LogP contribution in [0, 0.1) is 0 Å². The quantitative estimate of drug-likeness (QED) is 0.515. The van der Waals surface area contributed by atoms with Crippen molar-refractivity contribution in [3.05, 3.63) is 48.7 Å². The van der Waals surface area contributed by atoms with Crippen LogP contribution in [-0.2, 0) is 4.74 Å². The second kappa shape index (κ2) is 9.52. The Morgan fingerprint density at radius 1 is 1.35 bits per heavy atom. The van der Waals surface area contributed by atoms with Gasteiger partial charge in [0.2, 0.25) is 13.7 Å². The van der Waals surface area contributed by atoms with Gasteiger partial charge in [-0.2, -0.15) is 0 Å². The van der Waals surface area contributed by atoms with E-state index in [-0.39, 0.29) is 6.61 Å². The summed E-state index contributed by atoms with van der Waals surface area (Å²) in [7, 11) is 4.88. The molecule has 17 heavy (non-hydrogen) atoms. The summed E-state index contributed by atoms with van der Waals surface area (Å²) in [5, 5.41) is 3.20. The minimum atomic E-state index is -0.796. The van der Waals surface area contributed by atoms with Crippen LogP contribution in [0.2, 0.25) is 0 Å². The van der Waals surface area contributed by atoms with E-state index >= 15 is 0 Å². The van der Waals surface area contributed by atoms with Gasteiger partial charge in [-0.1, -0.05) is 32.2 Å². The average molecular weight is 231 g/mol. The number of rotatable bonds is 8. The van der Waals surface area contributed by atoms with Gasteiger partial charge >= 0.3 is 0 Å². The fourth-order valence-electron chi connectivity index (χ4n) is 0.995. The highest BCUT2D eigenvalue weighted by molar-refractivity contribution is 6.55. The van der Waals surface area contributed by atoms with Crippen LogP contribution >= 0.6 is 0 Å². The molecule has 0 unspecified atom stereocenters. The van der Waals surface area contributed by atoms with Crippen molar-refractivity contribution < 1.29 is 9.53 Å². The summed E-state index contributed by atoms with van der Waals surface area (Å²) in [6.45, 7) is 10.4. The summed E-state index contributed by atoms with van der Waals surface area (Å²) >= 11 is 0. The zero-order valence-electron chi connectivity index (χ0n) is 10.2. The molecule has 0 heterocycles. The van der Waals surface area contributed by atoms with Gasteiger partial charge in [-0.3, -0.25) is 4.79 Å². The highest BCUT2D eigenvalue weighted by Gasteiger charge is 1.95. The van der Waals surface area contributed by atoms with Gasteiger partial charge in [-0.25, -0.2) is 0 Å². The molecule has 0 aromatic heterocycles. The van der Waals surface area contributed by atoms with E-state index in [0.717, 1.165) is 24.2 Å². The lowest BCUT2D eigenvalue weighted by Crippen LogP contribution is -2.12. The molecular weight excluding hydrogens is 213 g/mol. The Kier molecular flexibility index (Phi) is 8.56. The Bertz CT molecular complexity index is 332. The van der Waals surface area contributed by atoms with Gasteiger partial charge in [0, 0.05) is 12.2 Å². The summed E-state index contributed by atoms with van der Waals surface area (Å²) < 4.78 is 4.67. The number of nitrogens with one attached hydrogen (secondary N) is 1. The molecule has 0 fully saturated rings. The van der Waals surface area contributed by atoms with Gasteiger partial charge in [0.1, 0.15) is 6.61 Å². The van der Waals surface area contributed by atoms with Crippen LogP contribution in [0.25, 0.3) is 0 Å². The SMILES string of the molecule is [B]C(=O)OC/C(C=C)=C/C=C(\C=C)NCCC. The molecule has 0 aliphatic rings. The van der Waals surface area contributed by atoms with Crippen molar-refractivity contribution in [2.45, 2.75) is 13.3 Å².